The predicted octanol–water partition coefficient (Wildman–Crippen LogP) is 2.19. The molecule has 1 aromatic rings. The molecule has 0 amide bonds. The summed E-state index contributed by atoms with van der Waals surface area (Å²) in [5, 5.41) is 0. The van der Waals surface area contributed by atoms with Crippen molar-refractivity contribution in [2.24, 2.45) is 0 Å². The Balaban J connectivity index is 2.19. The molecule has 3 nitrogen and oxygen atoms in total. The van der Waals surface area contributed by atoms with E-state index in [2.05, 4.69) is 11.9 Å². The van der Waals surface area contributed by atoms with Crippen molar-refractivity contribution in [1.29, 1.82) is 0 Å². The number of hydrogen-bond donors (Lipinski definition) is 0. The lowest BCUT2D eigenvalue weighted by Crippen LogP contribution is -2.00. The quantitative estimate of drug-likeness (QED) is 0.734. The highest BCUT2D eigenvalue weighted by molar-refractivity contribution is 5.39. The van der Waals surface area contributed by atoms with Gasteiger partial charge in [-0.1, -0.05) is 6.92 Å². The summed E-state index contributed by atoms with van der Waals surface area (Å²) in [5.41, 5.74) is 1.03. The first kappa shape index (κ1) is 9.31. The van der Waals surface area contributed by atoms with Gasteiger partial charge in [0.1, 0.15) is 0 Å². The van der Waals surface area contributed by atoms with E-state index in [1.54, 1.807) is 13.3 Å². The standard InChI is InChI=1S/C11H15NO2/c1-3-8-6-10(13-2)11(7-12-8)14-9-4-5-9/h6-7,9H,3-5H2,1-2H3. The third-order valence-corrected chi connectivity index (χ3v) is 2.29. The monoisotopic (exact) mass is 193 g/mol. The molecule has 14 heavy (non-hydrogen) atoms. The maximum absolute atomic E-state index is 5.66. The third kappa shape index (κ3) is 1.97. The molecule has 1 aliphatic carbocycles. The van der Waals surface area contributed by atoms with Gasteiger partial charge in [0.25, 0.3) is 0 Å². The van der Waals surface area contributed by atoms with Crippen LogP contribution >= 0.6 is 0 Å². The fourth-order valence-electron chi connectivity index (χ4n) is 1.27. The molecule has 76 valence electrons. The fraction of sp³-hybridized carbons (Fsp3) is 0.545. The molecule has 0 aromatic carbocycles. The normalized spacial score (nSPS) is 15.3. The van der Waals surface area contributed by atoms with E-state index in [9.17, 15) is 0 Å². The van der Waals surface area contributed by atoms with Crippen molar-refractivity contribution in [3.8, 4) is 11.5 Å². The number of pyridine rings is 1. The molecule has 0 radical (unpaired) electrons. The molecule has 0 saturated heterocycles. The molecule has 1 aromatic heterocycles. The third-order valence-electron chi connectivity index (χ3n) is 2.29. The van der Waals surface area contributed by atoms with Gasteiger partial charge in [0.15, 0.2) is 11.5 Å². The van der Waals surface area contributed by atoms with E-state index in [1.807, 2.05) is 6.07 Å². The van der Waals surface area contributed by atoms with Crippen LogP contribution in [0, 0.1) is 0 Å². The first-order valence-electron chi connectivity index (χ1n) is 5.03. The molecule has 0 aliphatic heterocycles. The first-order chi connectivity index (χ1) is 6.83. The van der Waals surface area contributed by atoms with Crippen LogP contribution in [0.25, 0.3) is 0 Å². The van der Waals surface area contributed by atoms with Crippen molar-refractivity contribution in [3.63, 3.8) is 0 Å². The fourth-order valence-corrected chi connectivity index (χ4v) is 1.27. The van der Waals surface area contributed by atoms with Gasteiger partial charge in [-0.05, 0) is 19.3 Å². The predicted molar refractivity (Wildman–Crippen MR) is 53.8 cm³/mol. The molecule has 1 saturated carbocycles. The van der Waals surface area contributed by atoms with E-state index < -0.39 is 0 Å². The number of rotatable bonds is 4. The molecular formula is C11H15NO2. The van der Waals surface area contributed by atoms with E-state index in [-0.39, 0.29) is 0 Å². The van der Waals surface area contributed by atoms with Gasteiger partial charge in [-0.2, -0.15) is 0 Å². The topological polar surface area (TPSA) is 31.4 Å². The zero-order valence-corrected chi connectivity index (χ0v) is 8.62. The molecule has 0 spiro atoms. The number of aryl methyl sites for hydroxylation is 1. The molecule has 0 N–H and O–H groups in total. The summed E-state index contributed by atoms with van der Waals surface area (Å²) in [7, 11) is 1.66. The smallest absolute Gasteiger partial charge is 0.179 e. The van der Waals surface area contributed by atoms with Crippen molar-refractivity contribution in [3.05, 3.63) is 18.0 Å². The lowest BCUT2D eigenvalue weighted by atomic mass is 10.3. The van der Waals surface area contributed by atoms with Gasteiger partial charge in [0.05, 0.1) is 19.4 Å². The Morgan fingerprint density at radius 1 is 1.43 bits per heavy atom. The number of nitrogens with zero attached hydrogens (tertiary/aromatic N) is 1. The molecular weight excluding hydrogens is 178 g/mol. The lowest BCUT2D eigenvalue weighted by molar-refractivity contribution is 0.280. The molecule has 1 fully saturated rings. The largest absolute Gasteiger partial charge is 0.493 e. The average molecular weight is 193 g/mol. The van der Waals surface area contributed by atoms with E-state index in [0.29, 0.717) is 6.10 Å². The van der Waals surface area contributed by atoms with Crippen molar-refractivity contribution in [1.82, 2.24) is 4.98 Å². The molecule has 1 aliphatic rings. The average Bonchev–Trinajstić information content (AvgIpc) is 3.02. The second-order valence-corrected chi connectivity index (χ2v) is 3.50. The molecule has 0 atom stereocenters. The maximum atomic E-state index is 5.66. The minimum atomic E-state index is 0.387. The van der Waals surface area contributed by atoms with Crippen LogP contribution < -0.4 is 9.47 Å². The van der Waals surface area contributed by atoms with E-state index in [1.165, 1.54) is 0 Å². The Morgan fingerprint density at radius 2 is 2.21 bits per heavy atom. The molecule has 2 rings (SSSR count). The molecule has 0 bridgehead atoms. The van der Waals surface area contributed by atoms with Crippen LogP contribution in [-0.2, 0) is 6.42 Å². The van der Waals surface area contributed by atoms with Crippen LogP contribution in [0.5, 0.6) is 11.5 Å². The summed E-state index contributed by atoms with van der Waals surface area (Å²) in [4.78, 5) is 4.28. The zero-order chi connectivity index (χ0) is 9.97. The van der Waals surface area contributed by atoms with Gasteiger partial charge in [0.2, 0.25) is 0 Å². The summed E-state index contributed by atoms with van der Waals surface area (Å²) >= 11 is 0. The van der Waals surface area contributed by atoms with Crippen LogP contribution in [0.15, 0.2) is 12.3 Å². The summed E-state index contributed by atoms with van der Waals surface area (Å²) in [6, 6.07) is 1.94. The van der Waals surface area contributed by atoms with Gasteiger partial charge in [-0.3, -0.25) is 4.98 Å². The SMILES string of the molecule is CCc1cc(OC)c(OC2CC2)cn1. The highest BCUT2D eigenvalue weighted by Crippen LogP contribution is 2.33. The Kier molecular flexibility index (Phi) is 2.57. The van der Waals surface area contributed by atoms with Crippen molar-refractivity contribution < 1.29 is 9.47 Å². The van der Waals surface area contributed by atoms with Gasteiger partial charge in [0, 0.05) is 11.8 Å². The summed E-state index contributed by atoms with van der Waals surface area (Å²) in [6.07, 6.45) is 5.37. The number of methoxy groups -OCH3 is 1. The Hall–Kier alpha value is -1.25. The Morgan fingerprint density at radius 3 is 2.79 bits per heavy atom. The Bertz CT molecular complexity index is 321. The van der Waals surface area contributed by atoms with E-state index in [0.717, 1.165) is 36.5 Å². The zero-order valence-electron chi connectivity index (χ0n) is 8.62. The van der Waals surface area contributed by atoms with Crippen LogP contribution in [-0.4, -0.2) is 18.2 Å². The molecule has 1 heterocycles. The highest BCUT2D eigenvalue weighted by atomic mass is 16.5. The van der Waals surface area contributed by atoms with Crippen LogP contribution in [0.4, 0.5) is 0 Å². The van der Waals surface area contributed by atoms with E-state index >= 15 is 0 Å². The van der Waals surface area contributed by atoms with Crippen LogP contribution in [0.3, 0.4) is 0 Å². The maximum Gasteiger partial charge on any atom is 0.179 e. The summed E-state index contributed by atoms with van der Waals surface area (Å²) in [5.74, 6) is 1.57. The Labute approximate surface area is 84.1 Å². The highest BCUT2D eigenvalue weighted by Gasteiger charge is 2.25. The van der Waals surface area contributed by atoms with Gasteiger partial charge >= 0.3 is 0 Å². The second-order valence-electron chi connectivity index (χ2n) is 3.50. The number of hydrogen-bond acceptors (Lipinski definition) is 3. The van der Waals surface area contributed by atoms with Crippen LogP contribution in [0.1, 0.15) is 25.5 Å². The van der Waals surface area contributed by atoms with Gasteiger partial charge in [-0.15, -0.1) is 0 Å². The van der Waals surface area contributed by atoms with Crippen molar-refractivity contribution in [2.75, 3.05) is 7.11 Å². The number of ether oxygens (including phenoxy) is 2. The van der Waals surface area contributed by atoms with Gasteiger partial charge < -0.3 is 9.47 Å². The minimum absolute atomic E-state index is 0.387. The lowest BCUT2D eigenvalue weighted by Gasteiger charge is -2.10. The van der Waals surface area contributed by atoms with Crippen LogP contribution in [0.2, 0.25) is 0 Å². The first-order valence-corrected chi connectivity index (χ1v) is 5.03. The van der Waals surface area contributed by atoms with Crippen molar-refractivity contribution >= 4 is 0 Å². The second kappa shape index (κ2) is 3.86. The van der Waals surface area contributed by atoms with Gasteiger partial charge in [-0.25, -0.2) is 0 Å². The summed E-state index contributed by atoms with van der Waals surface area (Å²) in [6.45, 7) is 2.07. The molecule has 0 unspecified atom stereocenters. The minimum Gasteiger partial charge on any atom is -0.493 e. The number of aromatic nitrogens is 1. The molecule has 3 heteroatoms. The van der Waals surface area contributed by atoms with Crippen molar-refractivity contribution in [2.45, 2.75) is 32.3 Å². The van der Waals surface area contributed by atoms with E-state index in [4.69, 9.17) is 9.47 Å². The summed E-state index contributed by atoms with van der Waals surface area (Å²) < 4.78 is 10.9.